The molecule has 2 heteroatoms. The van der Waals surface area contributed by atoms with Crippen molar-refractivity contribution >= 4 is 35.3 Å². The predicted octanol–water partition coefficient (Wildman–Crippen LogP) is 3.50. The standard InChI is InChI=1S/C15H13BrSe/c16-15(17-14-9-5-2-6-10-14)12-11-13-7-3-1-4-8-13/h1-10,12H,11H2/b15-12-. The minimum absolute atomic E-state index is 0.385. The van der Waals surface area contributed by atoms with E-state index in [1.54, 1.807) is 0 Å². The van der Waals surface area contributed by atoms with Gasteiger partial charge in [-0.1, -0.05) is 0 Å². The van der Waals surface area contributed by atoms with E-state index < -0.39 is 0 Å². The van der Waals surface area contributed by atoms with E-state index in [-0.39, 0.29) is 0 Å². The van der Waals surface area contributed by atoms with E-state index in [0.29, 0.717) is 15.0 Å². The summed E-state index contributed by atoms with van der Waals surface area (Å²) in [5.41, 5.74) is 1.35. The quantitative estimate of drug-likeness (QED) is 0.739. The molecule has 0 unspecified atom stereocenters. The molecule has 0 bridgehead atoms. The zero-order chi connectivity index (χ0) is 11.9. The van der Waals surface area contributed by atoms with E-state index in [1.165, 1.54) is 13.4 Å². The number of halogens is 1. The Balaban J connectivity index is 1.94. The number of hydrogen-bond donors (Lipinski definition) is 0. The van der Waals surface area contributed by atoms with Gasteiger partial charge >= 0.3 is 117 Å². The number of allylic oxidation sites excluding steroid dienone is 1. The molecule has 0 saturated heterocycles. The van der Waals surface area contributed by atoms with Crippen LogP contribution in [0.3, 0.4) is 0 Å². The molecule has 0 spiro atoms. The molecule has 0 atom stereocenters. The van der Waals surface area contributed by atoms with Crippen LogP contribution in [0.15, 0.2) is 70.1 Å². The fourth-order valence-corrected chi connectivity index (χ4v) is 4.03. The van der Waals surface area contributed by atoms with Gasteiger partial charge in [0.05, 0.1) is 0 Å². The maximum absolute atomic E-state index is 3.66. The van der Waals surface area contributed by atoms with Crippen LogP contribution in [-0.2, 0) is 6.42 Å². The minimum atomic E-state index is 0.385. The van der Waals surface area contributed by atoms with E-state index >= 15 is 0 Å². The van der Waals surface area contributed by atoms with Gasteiger partial charge in [0.1, 0.15) is 0 Å². The van der Waals surface area contributed by atoms with Crippen molar-refractivity contribution in [2.45, 2.75) is 6.42 Å². The molecule has 0 aliphatic rings. The van der Waals surface area contributed by atoms with Crippen LogP contribution in [0, 0.1) is 0 Å². The second-order valence-electron chi connectivity index (χ2n) is 3.61. The van der Waals surface area contributed by atoms with E-state index in [2.05, 4.69) is 82.7 Å². The Bertz CT molecular complexity index is 477. The van der Waals surface area contributed by atoms with Crippen LogP contribution in [0.5, 0.6) is 0 Å². The van der Waals surface area contributed by atoms with Crippen molar-refractivity contribution < 1.29 is 0 Å². The van der Waals surface area contributed by atoms with Gasteiger partial charge in [0, 0.05) is 0 Å². The van der Waals surface area contributed by atoms with Gasteiger partial charge < -0.3 is 0 Å². The maximum atomic E-state index is 3.66. The second kappa shape index (κ2) is 6.80. The Labute approximate surface area is 117 Å². The third-order valence-electron chi connectivity index (χ3n) is 2.30. The molecule has 0 aliphatic heterocycles. The molecule has 0 N–H and O–H groups in total. The second-order valence-corrected chi connectivity index (χ2v) is 7.99. The van der Waals surface area contributed by atoms with Crippen LogP contribution in [0.1, 0.15) is 5.56 Å². The van der Waals surface area contributed by atoms with Crippen LogP contribution in [0.4, 0.5) is 0 Å². The van der Waals surface area contributed by atoms with Crippen molar-refractivity contribution in [3.05, 3.63) is 75.7 Å². The molecule has 0 amide bonds. The molecule has 0 heterocycles. The van der Waals surface area contributed by atoms with E-state index in [0.717, 1.165) is 6.42 Å². The zero-order valence-electron chi connectivity index (χ0n) is 9.34. The van der Waals surface area contributed by atoms with Crippen molar-refractivity contribution in [1.82, 2.24) is 0 Å². The van der Waals surface area contributed by atoms with Gasteiger partial charge in [-0.15, -0.1) is 0 Å². The number of benzene rings is 2. The molecule has 0 aliphatic carbocycles. The summed E-state index contributed by atoms with van der Waals surface area (Å²) in [7, 11) is 0. The SMILES string of the molecule is Br/C(=C/Cc1ccccc1)[Se]c1ccccc1. The molecular weight excluding hydrogens is 339 g/mol. The Morgan fingerprint density at radius 1 is 0.941 bits per heavy atom. The molecule has 0 saturated carbocycles. The van der Waals surface area contributed by atoms with Crippen LogP contribution in [-0.4, -0.2) is 15.0 Å². The van der Waals surface area contributed by atoms with Crippen molar-refractivity contribution in [1.29, 1.82) is 0 Å². The zero-order valence-corrected chi connectivity index (χ0v) is 12.6. The Hall–Kier alpha value is -0.821. The topological polar surface area (TPSA) is 0 Å². The van der Waals surface area contributed by atoms with E-state index in [1.807, 2.05) is 0 Å². The Morgan fingerprint density at radius 2 is 1.53 bits per heavy atom. The summed E-state index contributed by atoms with van der Waals surface area (Å²) >= 11 is 4.05. The monoisotopic (exact) mass is 352 g/mol. The first kappa shape index (κ1) is 12.6. The molecule has 0 aromatic heterocycles. The first-order valence-corrected chi connectivity index (χ1v) is 7.98. The molecule has 2 aromatic carbocycles. The average molecular weight is 352 g/mol. The molecule has 2 rings (SSSR count). The molecule has 17 heavy (non-hydrogen) atoms. The van der Waals surface area contributed by atoms with Gasteiger partial charge in [0.25, 0.3) is 0 Å². The van der Waals surface area contributed by atoms with Crippen molar-refractivity contribution in [2.24, 2.45) is 0 Å². The van der Waals surface area contributed by atoms with Crippen molar-refractivity contribution in [2.75, 3.05) is 0 Å². The molecule has 0 nitrogen and oxygen atoms in total. The first-order chi connectivity index (χ1) is 8.34. The van der Waals surface area contributed by atoms with Crippen LogP contribution < -0.4 is 4.46 Å². The van der Waals surface area contributed by atoms with E-state index in [9.17, 15) is 0 Å². The van der Waals surface area contributed by atoms with Crippen molar-refractivity contribution in [3.63, 3.8) is 0 Å². The molecule has 86 valence electrons. The molecule has 2 aromatic rings. The summed E-state index contributed by atoms with van der Waals surface area (Å²) in [5.74, 6) is 0. The summed E-state index contributed by atoms with van der Waals surface area (Å²) in [4.78, 5) is 0. The molecule has 0 fully saturated rings. The van der Waals surface area contributed by atoms with Gasteiger partial charge in [0.15, 0.2) is 0 Å². The third kappa shape index (κ3) is 4.51. The van der Waals surface area contributed by atoms with Crippen LogP contribution >= 0.6 is 15.9 Å². The summed E-state index contributed by atoms with van der Waals surface area (Å²) in [5, 5.41) is 0. The fraction of sp³-hybridized carbons (Fsp3) is 0.0667. The van der Waals surface area contributed by atoms with E-state index in [4.69, 9.17) is 0 Å². The Morgan fingerprint density at radius 3 is 2.18 bits per heavy atom. The first-order valence-electron chi connectivity index (χ1n) is 5.47. The predicted molar refractivity (Wildman–Crippen MR) is 79.0 cm³/mol. The third-order valence-corrected chi connectivity index (χ3v) is 5.29. The fourth-order valence-electron chi connectivity index (χ4n) is 1.45. The van der Waals surface area contributed by atoms with Crippen molar-refractivity contribution in [3.8, 4) is 0 Å². The number of rotatable bonds is 4. The summed E-state index contributed by atoms with van der Waals surface area (Å²) in [6, 6.07) is 21.1. The molecule has 0 radical (unpaired) electrons. The van der Waals surface area contributed by atoms with Crippen LogP contribution in [0.2, 0.25) is 0 Å². The summed E-state index contributed by atoms with van der Waals surface area (Å²) in [6.45, 7) is 0. The molecular formula is C15H13BrSe. The average Bonchev–Trinajstić information content (AvgIpc) is 2.39. The Kier molecular flexibility index (Phi) is 5.06. The van der Waals surface area contributed by atoms with Crippen LogP contribution in [0.25, 0.3) is 0 Å². The van der Waals surface area contributed by atoms with Gasteiger partial charge in [-0.05, 0) is 0 Å². The number of hydrogen-bond acceptors (Lipinski definition) is 0. The van der Waals surface area contributed by atoms with Gasteiger partial charge in [-0.2, -0.15) is 0 Å². The normalized spacial score (nSPS) is 11.5. The summed E-state index contributed by atoms with van der Waals surface area (Å²) < 4.78 is 2.70. The van der Waals surface area contributed by atoms with Gasteiger partial charge in [-0.3, -0.25) is 0 Å². The van der Waals surface area contributed by atoms with Gasteiger partial charge in [-0.25, -0.2) is 0 Å². The van der Waals surface area contributed by atoms with Gasteiger partial charge in [0.2, 0.25) is 0 Å². The summed E-state index contributed by atoms with van der Waals surface area (Å²) in [6.07, 6.45) is 3.26.